The standard InChI is InChI=1S/C18H35N3O/c1-5-18(3,4)20-17(22)14(2)21-12-10-16(11-13-21)19-15-8-6-7-9-15/h14-16,19H,5-13H2,1-4H3,(H,20,22)/t14-/m0/s1. The van der Waals surface area contributed by atoms with Gasteiger partial charge in [0.15, 0.2) is 0 Å². The van der Waals surface area contributed by atoms with Gasteiger partial charge in [0.25, 0.3) is 0 Å². The van der Waals surface area contributed by atoms with Gasteiger partial charge in [0, 0.05) is 30.7 Å². The third kappa shape index (κ3) is 4.95. The normalized spacial score (nSPS) is 23.6. The molecule has 0 aromatic rings. The minimum absolute atomic E-state index is 0.0155. The van der Waals surface area contributed by atoms with E-state index < -0.39 is 0 Å². The number of nitrogens with one attached hydrogen (secondary N) is 2. The van der Waals surface area contributed by atoms with E-state index in [-0.39, 0.29) is 17.5 Å². The number of carbonyl (C=O) groups is 1. The van der Waals surface area contributed by atoms with E-state index in [0.29, 0.717) is 6.04 Å². The molecule has 4 nitrogen and oxygen atoms in total. The second-order valence-corrected chi connectivity index (χ2v) is 7.86. The van der Waals surface area contributed by atoms with Crippen molar-refractivity contribution in [2.45, 2.75) is 96.3 Å². The zero-order valence-electron chi connectivity index (χ0n) is 15.0. The summed E-state index contributed by atoms with van der Waals surface area (Å²) in [6.45, 7) is 10.4. The molecule has 4 heteroatoms. The van der Waals surface area contributed by atoms with E-state index in [2.05, 4.69) is 36.3 Å². The van der Waals surface area contributed by atoms with Crippen molar-refractivity contribution in [3.8, 4) is 0 Å². The highest BCUT2D eigenvalue weighted by atomic mass is 16.2. The molecule has 0 unspecified atom stereocenters. The molecule has 128 valence electrons. The van der Waals surface area contributed by atoms with E-state index in [1.165, 1.54) is 38.5 Å². The van der Waals surface area contributed by atoms with Crippen LogP contribution >= 0.6 is 0 Å². The molecule has 0 aromatic heterocycles. The fraction of sp³-hybridized carbons (Fsp3) is 0.944. The zero-order chi connectivity index (χ0) is 16.2. The van der Waals surface area contributed by atoms with Crippen molar-refractivity contribution in [3.05, 3.63) is 0 Å². The van der Waals surface area contributed by atoms with Crippen LogP contribution in [0.2, 0.25) is 0 Å². The minimum Gasteiger partial charge on any atom is -0.350 e. The Labute approximate surface area is 136 Å². The van der Waals surface area contributed by atoms with Crippen molar-refractivity contribution in [1.29, 1.82) is 0 Å². The third-order valence-corrected chi connectivity index (χ3v) is 5.63. The molecule has 1 amide bonds. The van der Waals surface area contributed by atoms with Crippen molar-refractivity contribution in [3.63, 3.8) is 0 Å². The fourth-order valence-electron chi connectivity index (χ4n) is 3.57. The minimum atomic E-state index is -0.103. The van der Waals surface area contributed by atoms with Crippen molar-refractivity contribution in [2.24, 2.45) is 0 Å². The van der Waals surface area contributed by atoms with E-state index >= 15 is 0 Å². The topological polar surface area (TPSA) is 44.4 Å². The highest BCUT2D eigenvalue weighted by Gasteiger charge is 2.30. The summed E-state index contributed by atoms with van der Waals surface area (Å²) in [6.07, 6.45) is 8.79. The first-order valence-electron chi connectivity index (χ1n) is 9.23. The van der Waals surface area contributed by atoms with Gasteiger partial charge in [0.2, 0.25) is 5.91 Å². The summed E-state index contributed by atoms with van der Waals surface area (Å²) in [5.74, 6) is 0.175. The maximum atomic E-state index is 12.4. The summed E-state index contributed by atoms with van der Waals surface area (Å²) in [6, 6.07) is 1.39. The first-order valence-corrected chi connectivity index (χ1v) is 9.23. The lowest BCUT2D eigenvalue weighted by atomic mass is 9.99. The first kappa shape index (κ1) is 17.7. The molecule has 1 saturated carbocycles. The molecule has 1 aliphatic heterocycles. The predicted molar refractivity (Wildman–Crippen MR) is 92.0 cm³/mol. The number of carbonyl (C=O) groups excluding carboxylic acids is 1. The Hall–Kier alpha value is -0.610. The van der Waals surface area contributed by atoms with Gasteiger partial charge >= 0.3 is 0 Å². The third-order valence-electron chi connectivity index (χ3n) is 5.63. The molecule has 2 N–H and O–H groups in total. The highest BCUT2D eigenvalue weighted by molar-refractivity contribution is 5.82. The Balaban J connectivity index is 1.74. The lowest BCUT2D eigenvalue weighted by Crippen LogP contribution is -2.55. The molecule has 0 radical (unpaired) electrons. The molecule has 1 saturated heterocycles. The monoisotopic (exact) mass is 309 g/mol. The lowest BCUT2D eigenvalue weighted by Gasteiger charge is -2.38. The van der Waals surface area contributed by atoms with Gasteiger partial charge in [-0.1, -0.05) is 19.8 Å². The molecular formula is C18H35N3O. The van der Waals surface area contributed by atoms with Crippen molar-refractivity contribution in [1.82, 2.24) is 15.5 Å². The number of nitrogens with zero attached hydrogens (tertiary/aromatic N) is 1. The number of hydrogen-bond acceptors (Lipinski definition) is 3. The van der Waals surface area contributed by atoms with Gasteiger partial charge in [-0.15, -0.1) is 0 Å². The molecule has 22 heavy (non-hydrogen) atoms. The quantitative estimate of drug-likeness (QED) is 0.793. The Morgan fingerprint density at radius 2 is 1.68 bits per heavy atom. The predicted octanol–water partition coefficient (Wildman–Crippen LogP) is 2.68. The SMILES string of the molecule is CCC(C)(C)NC(=O)[C@H](C)N1CCC(NC2CCCC2)CC1. The second-order valence-electron chi connectivity index (χ2n) is 7.86. The summed E-state index contributed by atoms with van der Waals surface area (Å²) in [5, 5.41) is 7.00. The van der Waals surface area contributed by atoms with Crippen LogP contribution < -0.4 is 10.6 Å². The Kier molecular flexibility index (Phi) is 6.27. The first-order chi connectivity index (χ1) is 10.4. The van der Waals surface area contributed by atoms with Crippen LogP contribution in [0, 0.1) is 0 Å². The van der Waals surface area contributed by atoms with Crippen molar-refractivity contribution in [2.75, 3.05) is 13.1 Å². The molecule has 1 aliphatic carbocycles. The average molecular weight is 309 g/mol. The van der Waals surface area contributed by atoms with E-state index in [1.807, 2.05) is 6.92 Å². The van der Waals surface area contributed by atoms with Gasteiger partial charge in [-0.3, -0.25) is 9.69 Å². The van der Waals surface area contributed by atoms with Gasteiger partial charge in [-0.2, -0.15) is 0 Å². The molecule has 1 heterocycles. The fourth-order valence-corrected chi connectivity index (χ4v) is 3.57. The molecular weight excluding hydrogens is 274 g/mol. The molecule has 2 rings (SSSR count). The smallest absolute Gasteiger partial charge is 0.237 e. The van der Waals surface area contributed by atoms with Gasteiger partial charge in [-0.25, -0.2) is 0 Å². The van der Waals surface area contributed by atoms with Crippen LogP contribution in [0.15, 0.2) is 0 Å². The van der Waals surface area contributed by atoms with Gasteiger partial charge in [0.05, 0.1) is 6.04 Å². The molecule has 0 aromatic carbocycles. The van der Waals surface area contributed by atoms with Gasteiger partial charge in [0.1, 0.15) is 0 Å². The van der Waals surface area contributed by atoms with E-state index in [0.717, 1.165) is 25.6 Å². The van der Waals surface area contributed by atoms with Crippen molar-refractivity contribution >= 4 is 5.91 Å². The van der Waals surface area contributed by atoms with Crippen LogP contribution in [0.4, 0.5) is 0 Å². The van der Waals surface area contributed by atoms with Crippen molar-refractivity contribution < 1.29 is 4.79 Å². The summed E-state index contributed by atoms with van der Waals surface area (Å²) >= 11 is 0. The summed E-state index contributed by atoms with van der Waals surface area (Å²) in [4.78, 5) is 14.7. The van der Waals surface area contributed by atoms with Crippen LogP contribution in [0.3, 0.4) is 0 Å². The number of rotatable bonds is 6. The average Bonchev–Trinajstić information content (AvgIpc) is 3.00. The van der Waals surface area contributed by atoms with Crippen LogP contribution in [-0.2, 0) is 4.79 Å². The molecule has 2 fully saturated rings. The second kappa shape index (κ2) is 7.78. The van der Waals surface area contributed by atoms with Crippen LogP contribution in [0.5, 0.6) is 0 Å². The van der Waals surface area contributed by atoms with E-state index in [4.69, 9.17) is 0 Å². The van der Waals surface area contributed by atoms with Crippen LogP contribution in [0.1, 0.15) is 72.6 Å². The van der Waals surface area contributed by atoms with E-state index in [9.17, 15) is 4.79 Å². The summed E-state index contributed by atoms with van der Waals surface area (Å²) in [5.41, 5.74) is -0.103. The highest BCUT2D eigenvalue weighted by Crippen LogP contribution is 2.21. The molecule has 0 bridgehead atoms. The summed E-state index contributed by atoms with van der Waals surface area (Å²) < 4.78 is 0. The number of amides is 1. The maximum absolute atomic E-state index is 12.4. The van der Waals surface area contributed by atoms with Gasteiger partial charge < -0.3 is 10.6 Å². The Morgan fingerprint density at radius 3 is 2.23 bits per heavy atom. The molecule has 0 spiro atoms. The lowest BCUT2D eigenvalue weighted by molar-refractivity contribution is -0.128. The number of piperidine rings is 1. The molecule has 1 atom stereocenters. The van der Waals surface area contributed by atoms with Crippen LogP contribution in [-0.4, -0.2) is 47.6 Å². The van der Waals surface area contributed by atoms with E-state index in [1.54, 1.807) is 0 Å². The number of likely N-dealkylation sites (tertiary alicyclic amines) is 1. The Morgan fingerprint density at radius 1 is 1.14 bits per heavy atom. The Bertz CT molecular complexity index is 355. The summed E-state index contributed by atoms with van der Waals surface area (Å²) in [7, 11) is 0. The number of hydrogen-bond donors (Lipinski definition) is 2. The maximum Gasteiger partial charge on any atom is 0.237 e. The largest absolute Gasteiger partial charge is 0.350 e. The van der Waals surface area contributed by atoms with Crippen LogP contribution in [0.25, 0.3) is 0 Å². The van der Waals surface area contributed by atoms with Gasteiger partial charge in [-0.05, 0) is 52.9 Å². The zero-order valence-corrected chi connectivity index (χ0v) is 15.0. The molecule has 2 aliphatic rings.